The van der Waals surface area contributed by atoms with E-state index in [0.29, 0.717) is 17.0 Å². The molecule has 0 saturated carbocycles. The Balaban J connectivity index is 1.73. The normalized spacial score (nSPS) is 11.5. The molecule has 0 bridgehead atoms. The van der Waals surface area contributed by atoms with Crippen molar-refractivity contribution in [2.24, 2.45) is 0 Å². The molecule has 1 atom stereocenters. The van der Waals surface area contributed by atoms with Gasteiger partial charge in [0, 0.05) is 19.4 Å². The van der Waals surface area contributed by atoms with Crippen LogP contribution >= 0.6 is 0 Å². The zero-order chi connectivity index (χ0) is 24.0. The summed E-state index contributed by atoms with van der Waals surface area (Å²) in [5.74, 6) is -1.41. The first-order chi connectivity index (χ1) is 15.7. The molecular weight excluding hydrogens is 433 g/mol. The highest BCUT2D eigenvalue weighted by molar-refractivity contribution is 6.11. The monoisotopic (exact) mass is 455 g/mol. The van der Waals surface area contributed by atoms with Crippen LogP contribution in [0.3, 0.4) is 0 Å². The van der Waals surface area contributed by atoms with E-state index in [1.165, 1.54) is 55.1 Å². The molecule has 2 N–H and O–H groups in total. The minimum Gasteiger partial charge on any atom is -0.490 e. The number of nitrogens with zero attached hydrogens (tertiary/aromatic N) is 2. The van der Waals surface area contributed by atoms with Crippen LogP contribution in [0.5, 0.6) is 5.75 Å². The summed E-state index contributed by atoms with van der Waals surface area (Å²) in [4.78, 5) is 35.3. The van der Waals surface area contributed by atoms with Crippen molar-refractivity contribution >= 4 is 23.5 Å². The molecule has 0 saturated heterocycles. The molecule has 9 nitrogen and oxygen atoms in total. The van der Waals surface area contributed by atoms with E-state index in [2.05, 4.69) is 5.10 Å². The van der Waals surface area contributed by atoms with Gasteiger partial charge in [0.15, 0.2) is 11.9 Å². The minimum atomic E-state index is -0.810. The summed E-state index contributed by atoms with van der Waals surface area (Å²) in [6, 6.07) is 11.9. The summed E-state index contributed by atoms with van der Waals surface area (Å²) < 4.78 is 30.1. The molecule has 0 aliphatic heterocycles. The zero-order valence-corrected chi connectivity index (χ0v) is 18.0. The Kier molecular flexibility index (Phi) is 7.39. The lowest BCUT2D eigenvalue weighted by Gasteiger charge is -2.17. The Morgan fingerprint density at radius 3 is 2.45 bits per heavy atom. The first-order valence-electron chi connectivity index (χ1n) is 9.92. The third kappa shape index (κ3) is 6.16. The number of ether oxygens (including phenoxy) is 3. The lowest BCUT2D eigenvalue weighted by atomic mass is 10.1. The van der Waals surface area contributed by atoms with E-state index in [-0.39, 0.29) is 30.4 Å². The van der Waals surface area contributed by atoms with Crippen LogP contribution < -0.4 is 10.5 Å². The van der Waals surface area contributed by atoms with Gasteiger partial charge in [0.25, 0.3) is 0 Å². The summed E-state index contributed by atoms with van der Waals surface area (Å²) >= 11 is 0. The van der Waals surface area contributed by atoms with Crippen molar-refractivity contribution < 1.29 is 33.0 Å². The number of aromatic nitrogens is 2. The molecule has 0 aliphatic rings. The van der Waals surface area contributed by atoms with Gasteiger partial charge in [-0.05, 0) is 36.4 Å². The number of halogens is 1. The van der Waals surface area contributed by atoms with Crippen molar-refractivity contribution in [3.8, 4) is 11.4 Å². The Labute approximate surface area is 188 Å². The van der Waals surface area contributed by atoms with Crippen LogP contribution in [0.2, 0.25) is 0 Å². The topological polar surface area (TPSA) is 123 Å². The summed E-state index contributed by atoms with van der Waals surface area (Å²) in [6.07, 6.45) is 0.528. The molecule has 0 amide bonds. The number of anilines is 1. The van der Waals surface area contributed by atoms with Crippen molar-refractivity contribution in [3.05, 3.63) is 71.7 Å². The third-order valence-corrected chi connectivity index (χ3v) is 4.46. The number of carbonyl (C=O) groups is 3. The lowest BCUT2D eigenvalue weighted by molar-refractivity contribution is -0.158. The SMILES string of the molecule is CC(=O)OC[C@H](COc1cccc(C(=O)c2cnn(-c3ccc(F)cc3)c2N)c1)OC(C)=O. The van der Waals surface area contributed by atoms with Crippen molar-refractivity contribution in [1.82, 2.24) is 9.78 Å². The van der Waals surface area contributed by atoms with Crippen LogP contribution in [0, 0.1) is 5.82 Å². The standard InChI is InChI=1S/C23H22FN3O6/c1-14(28)31-12-20(33-15(2)29)13-32-19-5-3-4-16(10-19)22(30)21-11-26-27(23(21)25)18-8-6-17(24)7-9-18/h3-11,20H,12-13,25H2,1-2H3/t20-/m1/s1. The van der Waals surface area contributed by atoms with Crippen LogP contribution in [0.25, 0.3) is 5.69 Å². The average Bonchev–Trinajstić information content (AvgIpc) is 3.16. The summed E-state index contributed by atoms with van der Waals surface area (Å²) in [5.41, 5.74) is 7.09. The molecule has 10 heteroatoms. The molecule has 0 radical (unpaired) electrons. The van der Waals surface area contributed by atoms with Gasteiger partial charge >= 0.3 is 11.9 Å². The maximum absolute atomic E-state index is 13.2. The molecule has 2 aromatic carbocycles. The van der Waals surface area contributed by atoms with Gasteiger partial charge in [-0.25, -0.2) is 9.07 Å². The molecular formula is C23H22FN3O6. The van der Waals surface area contributed by atoms with Crippen LogP contribution in [-0.2, 0) is 19.1 Å². The first-order valence-corrected chi connectivity index (χ1v) is 9.92. The van der Waals surface area contributed by atoms with Crippen LogP contribution in [0.4, 0.5) is 10.2 Å². The van der Waals surface area contributed by atoms with Crippen LogP contribution in [0.1, 0.15) is 29.8 Å². The lowest BCUT2D eigenvalue weighted by Crippen LogP contribution is -2.29. The predicted octanol–water partition coefficient (Wildman–Crippen LogP) is 2.70. The fraction of sp³-hybridized carbons (Fsp3) is 0.217. The van der Waals surface area contributed by atoms with E-state index in [0.717, 1.165) is 0 Å². The zero-order valence-electron chi connectivity index (χ0n) is 18.0. The minimum absolute atomic E-state index is 0.0882. The maximum Gasteiger partial charge on any atom is 0.303 e. The largest absolute Gasteiger partial charge is 0.490 e. The summed E-state index contributed by atoms with van der Waals surface area (Å²) in [7, 11) is 0. The van der Waals surface area contributed by atoms with Crippen molar-refractivity contribution in [3.63, 3.8) is 0 Å². The Bertz CT molecular complexity index is 1160. The number of ketones is 1. The highest BCUT2D eigenvalue weighted by Gasteiger charge is 2.19. The molecule has 1 aromatic heterocycles. The number of hydrogen-bond donors (Lipinski definition) is 1. The molecule has 0 aliphatic carbocycles. The second-order valence-corrected chi connectivity index (χ2v) is 7.03. The smallest absolute Gasteiger partial charge is 0.303 e. The number of hydrogen-bond acceptors (Lipinski definition) is 8. The number of benzene rings is 2. The van der Waals surface area contributed by atoms with Gasteiger partial charge < -0.3 is 19.9 Å². The number of nitrogen functional groups attached to an aromatic ring is 1. The van der Waals surface area contributed by atoms with Gasteiger partial charge in [-0.3, -0.25) is 14.4 Å². The first kappa shape index (κ1) is 23.5. The molecule has 3 aromatic rings. The highest BCUT2D eigenvalue weighted by atomic mass is 19.1. The van der Waals surface area contributed by atoms with E-state index in [9.17, 15) is 18.8 Å². The number of rotatable bonds is 9. The van der Waals surface area contributed by atoms with Gasteiger partial charge in [-0.1, -0.05) is 12.1 Å². The molecule has 0 spiro atoms. The molecule has 33 heavy (non-hydrogen) atoms. The van der Waals surface area contributed by atoms with E-state index in [4.69, 9.17) is 19.9 Å². The van der Waals surface area contributed by atoms with Gasteiger partial charge in [0.1, 0.15) is 30.6 Å². The fourth-order valence-corrected chi connectivity index (χ4v) is 2.95. The van der Waals surface area contributed by atoms with Crippen molar-refractivity contribution in [2.75, 3.05) is 18.9 Å². The maximum atomic E-state index is 13.2. The second kappa shape index (κ2) is 10.4. The van der Waals surface area contributed by atoms with E-state index < -0.39 is 23.9 Å². The quantitative estimate of drug-likeness (QED) is 0.386. The summed E-state index contributed by atoms with van der Waals surface area (Å²) in [5, 5.41) is 4.13. The Morgan fingerprint density at radius 2 is 1.79 bits per heavy atom. The summed E-state index contributed by atoms with van der Waals surface area (Å²) in [6.45, 7) is 2.23. The Morgan fingerprint density at radius 1 is 1.06 bits per heavy atom. The number of carbonyl (C=O) groups excluding carboxylic acids is 3. The van der Waals surface area contributed by atoms with E-state index >= 15 is 0 Å². The highest BCUT2D eigenvalue weighted by Crippen LogP contribution is 2.22. The third-order valence-electron chi connectivity index (χ3n) is 4.46. The number of nitrogens with two attached hydrogens (primary N) is 1. The second-order valence-electron chi connectivity index (χ2n) is 7.03. The van der Waals surface area contributed by atoms with Gasteiger partial charge in [-0.2, -0.15) is 5.10 Å². The van der Waals surface area contributed by atoms with Crippen molar-refractivity contribution in [2.45, 2.75) is 20.0 Å². The van der Waals surface area contributed by atoms with Gasteiger partial charge in [-0.15, -0.1) is 0 Å². The molecule has 3 rings (SSSR count). The van der Waals surface area contributed by atoms with Crippen molar-refractivity contribution in [1.29, 1.82) is 0 Å². The van der Waals surface area contributed by atoms with Crippen LogP contribution in [0.15, 0.2) is 54.7 Å². The van der Waals surface area contributed by atoms with Gasteiger partial charge in [0.05, 0.1) is 17.4 Å². The predicted molar refractivity (Wildman–Crippen MR) is 115 cm³/mol. The average molecular weight is 455 g/mol. The fourth-order valence-electron chi connectivity index (χ4n) is 2.95. The molecule has 172 valence electrons. The number of esters is 2. The van der Waals surface area contributed by atoms with Crippen LogP contribution in [-0.4, -0.2) is 46.8 Å². The van der Waals surface area contributed by atoms with E-state index in [1.807, 2.05) is 0 Å². The van der Waals surface area contributed by atoms with Gasteiger partial charge in [0.2, 0.25) is 0 Å². The van der Waals surface area contributed by atoms with E-state index in [1.54, 1.807) is 18.2 Å². The molecule has 0 fully saturated rings. The Hall–Kier alpha value is -4.21. The molecule has 0 unspecified atom stereocenters. The molecule has 1 heterocycles.